The van der Waals surface area contributed by atoms with Crippen molar-refractivity contribution >= 4 is 45.8 Å². The van der Waals surface area contributed by atoms with Crippen LogP contribution in [-0.2, 0) is 39.5 Å². The molecule has 6 aromatic rings. The van der Waals surface area contributed by atoms with Crippen molar-refractivity contribution in [2.75, 3.05) is 26.4 Å². The number of phenolic OH excluding ortho intramolecular Hbond substituents is 2. The maximum atomic E-state index is 12.1. The molecule has 2 fully saturated rings. The molecule has 0 aliphatic carbocycles. The molecule has 15 heteroatoms. The molecule has 8 rings (SSSR count). The van der Waals surface area contributed by atoms with Gasteiger partial charge in [0.05, 0.1) is 48.4 Å². The first kappa shape index (κ1) is 45.6. The molecule has 0 saturated carbocycles. The summed E-state index contributed by atoms with van der Waals surface area (Å²) in [5.74, 6) is -1.57. The Morgan fingerprint density at radius 1 is 0.542 bits per heavy atom. The predicted molar refractivity (Wildman–Crippen MR) is 220 cm³/mol. The third-order valence-electron chi connectivity index (χ3n) is 8.50. The monoisotopic (exact) mass is 843 g/mol. The van der Waals surface area contributed by atoms with Crippen molar-refractivity contribution in [2.24, 2.45) is 20.4 Å². The maximum absolute atomic E-state index is 12.1. The number of nitrogens with zero attached hydrogens (tertiary/aromatic N) is 6. The summed E-state index contributed by atoms with van der Waals surface area (Å²) in [5, 5.41) is 80.2. The first-order chi connectivity index (χ1) is 28.3. The summed E-state index contributed by atoms with van der Waals surface area (Å²) in [6.45, 7) is 3.64. The molecule has 4 aromatic carbocycles. The number of phenols is 2. The number of aromatic nitrogens is 2. The molecular formula is C44H44CoN6O8. The van der Waals surface area contributed by atoms with E-state index in [2.05, 4.69) is 30.4 Å². The molecule has 307 valence electrons. The zero-order valence-electron chi connectivity index (χ0n) is 32.1. The van der Waals surface area contributed by atoms with Gasteiger partial charge in [-0.15, -0.1) is 0 Å². The van der Waals surface area contributed by atoms with Crippen LogP contribution in [0, 0.1) is 0 Å². The smallest absolute Gasteiger partial charge is 0.857 e. The van der Waals surface area contributed by atoms with E-state index < -0.39 is 11.8 Å². The zero-order valence-corrected chi connectivity index (χ0v) is 33.1. The molecule has 2 aliphatic rings. The van der Waals surface area contributed by atoms with E-state index in [1.807, 2.05) is 48.5 Å². The second kappa shape index (κ2) is 24.6. The summed E-state index contributed by atoms with van der Waals surface area (Å²) in [4.78, 5) is 8.20. The molecule has 0 atom stereocenters. The second-order valence-corrected chi connectivity index (χ2v) is 12.8. The van der Waals surface area contributed by atoms with Crippen LogP contribution in [0.5, 0.6) is 11.5 Å². The number of ether oxygens (including phenoxy) is 2. The van der Waals surface area contributed by atoms with Crippen LogP contribution in [0.4, 0.5) is 0 Å². The molecule has 4 heterocycles. The van der Waals surface area contributed by atoms with E-state index in [1.165, 1.54) is 50.2 Å². The van der Waals surface area contributed by atoms with Gasteiger partial charge in [0.25, 0.3) is 0 Å². The Hall–Kier alpha value is -6.07. The average Bonchev–Trinajstić information content (AvgIpc) is 4.05. The number of rotatable bonds is 8. The van der Waals surface area contributed by atoms with Gasteiger partial charge in [-0.1, -0.05) is 60.7 Å². The Morgan fingerprint density at radius 3 is 1.22 bits per heavy atom. The van der Waals surface area contributed by atoms with Gasteiger partial charge >= 0.3 is 16.8 Å². The van der Waals surface area contributed by atoms with E-state index in [1.54, 1.807) is 48.5 Å². The first-order valence-electron chi connectivity index (χ1n) is 18.6. The third kappa shape index (κ3) is 14.7. The van der Waals surface area contributed by atoms with Crippen molar-refractivity contribution in [3.8, 4) is 11.5 Å². The van der Waals surface area contributed by atoms with Crippen molar-refractivity contribution < 1.29 is 56.9 Å². The Morgan fingerprint density at radius 2 is 0.898 bits per heavy atom. The Bertz CT molecular complexity index is 2180. The van der Waals surface area contributed by atoms with Crippen molar-refractivity contribution in [1.29, 1.82) is 0 Å². The number of benzene rings is 4. The van der Waals surface area contributed by atoms with Crippen LogP contribution in [-0.4, -0.2) is 81.0 Å². The van der Waals surface area contributed by atoms with Crippen LogP contribution in [0.2, 0.25) is 0 Å². The van der Waals surface area contributed by atoms with Crippen LogP contribution < -0.4 is 10.2 Å². The minimum absolute atomic E-state index is 0. The molecule has 4 N–H and O–H groups in total. The van der Waals surface area contributed by atoms with Crippen molar-refractivity contribution in [2.45, 2.75) is 38.9 Å². The minimum atomic E-state index is -0.646. The number of pyridine rings is 2. The van der Waals surface area contributed by atoms with E-state index in [0.717, 1.165) is 48.0 Å². The van der Waals surface area contributed by atoms with Gasteiger partial charge in [0, 0.05) is 49.3 Å². The van der Waals surface area contributed by atoms with E-state index in [0.29, 0.717) is 22.8 Å². The maximum Gasteiger partial charge on any atom is 2.00 e. The van der Waals surface area contributed by atoms with Gasteiger partial charge in [-0.2, -0.15) is 20.4 Å². The molecule has 1 radical (unpaired) electrons. The van der Waals surface area contributed by atoms with Gasteiger partial charge < -0.3 is 40.1 Å². The number of hydrogen-bond acceptors (Lipinski definition) is 14. The van der Waals surface area contributed by atoms with E-state index in [9.17, 15) is 20.4 Å². The molecule has 14 nitrogen and oxygen atoms in total. The first-order valence-corrected chi connectivity index (χ1v) is 18.6. The fraction of sp³-hybridized carbons (Fsp3) is 0.227. The number of aromatic hydroxyl groups is 2. The fourth-order valence-corrected chi connectivity index (χ4v) is 5.52. The van der Waals surface area contributed by atoms with Crippen molar-refractivity contribution in [3.63, 3.8) is 0 Å². The second-order valence-electron chi connectivity index (χ2n) is 12.8. The fourth-order valence-electron chi connectivity index (χ4n) is 5.52. The SMILES string of the molecule is C1CCOC1.C1CCOC1.[Co+2].[O-]/C(=N\N=C\c1cccc(CO)n1)c1cc2ccccc2cc1O.[O-]/C(=N\N=C\c1cccc(CO)n1)c1cc2ccccc2cc1O. The largest absolute Gasteiger partial charge is 2.00 e. The minimum Gasteiger partial charge on any atom is -0.857 e. The van der Waals surface area contributed by atoms with E-state index in [4.69, 9.17) is 19.7 Å². The van der Waals surface area contributed by atoms with E-state index >= 15 is 0 Å². The summed E-state index contributed by atoms with van der Waals surface area (Å²) in [6.07, 6.45) is 7.74. The molecular weight excluding hydrogens is 799 g/mol. The van der Waals surface area contributed by atoms with Crippen molar-refractivity contribution in [3.05, 3.63) is 143 Å². The average molecular weight is 844 g/mol. The summed E-state index contributed by atoms with van der Waals surface area (Å²) in [5.41, 5.74) is 2.11. The van der Waals surface area contributed by atoms with Gasteiger partial charge in [0.15, 0.2) is 0 Å². The summed E-state index contributed by atoms with van der Waals surface area (Å²) in [7, 11) is 0. The van der Waals surface area contributed by atoms with Crippen molar-refractivity contribution in [1.82, 2.24) is 9.97 Å². The van der Waals surface area contributed by atoms with Crippen LogP contribution in [0.3, 0.4) is 0 Å². The number of aliphatic hydroxyl groups excluding tert-OH is 2. The number of fused-ring (bicyclic) bond motifs is 2. The zero-order chi connectivity index (χ0) is 41.0. The number of aliphatic hydroxyl groups is 2. The third-order valence-corrected chi connectivity index (χ3v) is 8.50. The number of hydrogen-bond donors (Lipinski definition) is 4. The van der Waals surface area contributed by atoms with Crippen LogP contribution in [0.1, 0.15) is 59.6 Å². The topological polar surface area (TPSA) is 221 Å². The molecule has 0 unspecified atom stereocenters. The van der Waals surface area contributed by atoms with Crippen LogP contribution >= 0.6 is 0 Å². The molecule has 2 aliphatic heterocycles. The molecule has 2 saturated heterocycles. The Labute approximate surface area is 351 Å². The Kier molecular flexibility index (Phi) is 19.1. The molecule has 0 bridgehead atoms. The van der Waals surface area contributed by atoms with Crippen LogP contribution in [0.25, 0.3) is 21.5 Å². The standard InChI is InChI=1S/2C18H15N3O3.2C4H8O.Co/c2*22-11-15-7-3-6-14(20-15)10-19-21-18(24)16-8-12-4-1-2-5-13(12)9-17(16)23;2*1-2-4-5-3-1;/h2*1-10,22-23H,11H2,(H,21,24);2*1-4H2;/q;;;;+2/p-2/b2*19-10+;;;. The van der Waals surface area contributed by atoms with Gasteiger partial charge in [-0.25, -0.2) is 9.97 Å². The normalized spacial score (nSPS) is 13.9. The molecule has 0 spiro atoms. The van der Waals surface area contributed by atoms with E-state index in [-0.39, 0.29) is 52.6 Å². The molecule has 2 aromatic heterocycles. The molecule has 0 amide bonds. The quantitative estimate of drug-likeness (QED) is 0.0937. The Balaban J connectivity index is 0.000000207. The summed E-state index contributed by atoms with van der Waals surface area (Å²) in [6, 6.07) is 31.1. The van der Waals surface area contributed by atoms with Gasteiger partial charge in [-0.3, -0.25) is 0 Å². The van der Waals surface area contributed by atoms with Gasteiger partial charge in [0.1, 0.15) is 11.5 Å². The molecule has 59 heavy (non-hydrogen) atoms. The van der Waals surface area contributed by atoms with Crippen LogP contribution in [0.15, 0.2) is 130 Å². The van der Waals surface area contributed by atoms with Gasteiger partial charge in [-0.05, 0) is 95.8 Å². The summed E-state index contributed by atoms with van der Waals surface area (Å²) < 4.78 is 9.89. The summed E-state index contributed by atoms with van der Waals surface area (Å²) >= 11 is 0. The predicted octanol–water partition coefficient (Wildman–Crippen LogP) is 4.74. The van der Waals surface area contributed by atoms with Gasteiger partial charge in [0.2, 0.25) is 0 Å².